The van der Waals surface area contributed by atoms with Crippen LogP contribution in [-0.2, 0) is 19.8 Å². The molecule has 9 heteroatoms. The van der Waals surface area contributed by atoms with E-state index in [2.05, 4.69) is 18.8 Å². The molecular formula is C19H22N2O5S2. The number of carboxylic acids is 1. The Hall–Kier alpha value is -1.61. The molecule has 2 aliphatic heterocycles. The summed E-state index contributed by atoms with van der Waals surface area (Å²) in [6.07, 6.45) is 1.69. The zero-order chi connectivity index (χ0) is 20.1. The number of carbonyl (C=O) groups is 3. The molecule has 0 radical (unpaired) electrons. The van der Waals surface area contributed by atoms with Crippen LogP contribution in [0.1, 0.15) is 38.5 Å². The number of thiazole rings is 1. The highest BCUT2D eigenvalue weighted by molar-refractivity contribution is 8.00. The van der Waals surface area contributed by atoms with E-state index >= 15 is 0 Å². The quantitative estimate of drug-likeness (QED) is 0.721. The van der Waals surface area contributed by atoms with Crippen molar-refractivity contribution >= 4 is 40.9 Å². The number of likely N-dealkylation sites (tertiary alicyclic amines) is 1. The molecule has 2 aliphatic carbocycles. The number of carbonyl (C=O) groups excluding carboxylic acids is 2. The molecule has 0 aromatic carbocycles. The molecule has 2 N–H and O–H groups in total. The van der Waals surface area contributed by atoms with Crippen molar-refractivity contribution in [1.29, 1.82) is 0 Å². The van der Waals surface area contributed by atoms with Gasteiger partial charge in [-0.1, -0.05) is 25.2 Å². The summed E-state index contributed by atoms with van der Waals surface area (Å²) in [5, 5.41) is 10.4. The van der Waals surface area contributed by atoms with E-state index in [-0.39, 0.29) is 45.1 Å². The zero-order valence-electron chi connectivity index (χ0n) is 15.8. The molecule has 1 aromatic heterocycles. The van der Waals surface area contributed by atoms with E-state index in [4.69, 9.17) is 0 Å². The third-order valence-electron chi connectivity index (χ3n) is 7.74. The number of nitrogens with one attached hydrogen (secondary N) is 1. The van der Waals surface area contributed by atoms with Gasteiger partial charge in [0.2, 0.25) is 11.8 Å². The average molecular weight is 423 g/mol. The summed E-state index contributed by atoms with van der Waals surface area (Å²) in [5.41, 5.74) is -0.214. The number of aromatic nitrogens is 1. The molecule has 1 saturated heterocycles. The van der Waals surface area contributed by atoms with Crippen LogP contribution in [0.4, 0.5) is 0 Å². The summed E-state index contributed by atoms with van der Waals surface area (Å²) in [7, 11) is 0. The number of aromatic amines is 1. The molecule has 1 aromatic rings. The second-order valence-electron chi connectivity index (χ2n) is 8.73. The molecule has 3 fully saturated rings. The third-order valence-corrected chi connectivity index (χ3v) is 10.5. The Labute approximate surface area is 169 Å². The fraction of sp³-hybridized carbons (Fsp3) is 0.684. The number of carboxylic acid groups (broad SMARTS) is 1. The predicted molar refractivity (Wildman–Crippen MR) is 103 cm³/mol. The van der Waals surface area contributed by atoms with E-state index in [9.17, 15) is 24.3 Å². The number of hydrogen-bond donors (Lipinski definition) is 2. The molecule has 5 rings (SSSR count). The lowest BCUT2D eigenvalue weighted by molar-refractivity contribution is -0.154. The first-order valence-corrected chi connectivity index (χ1v) is 11.4. The number of H-pyrrole nitrogens is 1. The van der Waals surface area contributed by atoms with Crippen LogP contribution in [0.3, 0.4) is 0 Å². The van der Waals surface area contributed by atoms with Gasteiger partial charge in [-0.2, -0.15) is 0 Å². The minimum atomic E-state index is -1.15. The number of aliphatic carboxylic acids is 1. The van der Waals surface area contributed by atoms with E-state index in [0.717, 1.165) is 27.6 Å². The van der Waals surface area contributed by atoms with E-state index in [1.165, 1.54) is 18.3 Å². The summed E-state index contributed by atoms with van der Waals surface area (Å²) in [4.78, 5) is 54.6. The maximum Gasteiger partial charge on any atom is 0.326 e. The lowest BCUT2D eigenvalue weighted by Crippen LogP contribution is -2.49. The second kappa shape index (κ2) is 5.72. The fourth-order valence-corrected chi connectivity index (χ4v) is 9.60. The number of fused-ring (bicyclic) bond motifs is 9. The Kier molecular flexibility index (Phi) is 3.76. The highest BCUT2D eigenvalue weighted by Gasteiger charge is 2.71. The Balaban J connectivity index is 1.59. The summed E-state index contributed by atoms with van der Waals surface area (Å²) in [6.45, 7) is 5.70. The largest absolute Gasteiger partial charge is 0.480 e. The van der Waals surface area contributed by atoms with Gasteiger partial charge in [-0.3, -0.25) is 19.3 Å². The lowest BCUT2D eigenvalue weighted by Gasteiger charge is -2.48. The van der Waals surface area contributed by atoms with Crippen LogP contribution in [0.25, 0.3) is 0 Å². The van der Waals surface area contributed by atoms with Crippen LogP contribution in [0.15, 0.2) is 9.82 Å². The van der Waals surface area contributed by atoms with Crippen molar-refractivity contribution in [1.82, 2.24) is 9.88 Å². The van der Waals surface area contributed by atoms with Crippen LogP contribution >= 0.6 is 23.1 Å². The molecule has 2 amide bonds. The minimum Gasteiger partial charge on any atom is -0.480 e. The fourth-order valence-electron chi connectivity index (χ4n) is 6.41. The Bertz CT molecular complexity index is 970. The van der Waals surface area contributed by atoms with Crippen molar-refractivity contribution in [2.24, 2.45) is 29.6 Å². The van der Waals surface area contributed by atoms with Crippen LogP contribution < -0.4 is 4.87 Å². The van der Waals surface area contributed by atoms with E-state index in [1.807, 2.05) is 0 Å². The van der Waals surface area contributed by atoms with Crippen LogP contribution in [0.5, 0.6) is 0 Å². The van der Waals surface area contributed by atoms with Crippen molar-refractivity contribution in [2.75, 3.05) is 0 Å². The van der Waals surface area contributed by atoms with Gasteiger partial charge in [0.1, 0.15) is 6.04 Å². The van der Waals surface area contributed by atoms with Gasteiger partial charge in [0.05, 0.1) is 16.9 Å². The zero-order valence-corrected chi connectivity index (χ0v) is 17.4. The molecule has 8 atom stereocenters. The van der Waals surface area contributed by atoms with E-state index in [0.29, 0.717) is 0 Å². The Morgan fingerprint density at radius 3 is 2.54 bits per heavy atom. The van der Waals surface area contributed by atoms with Gasteiger partial charge in [0, 0.05) is 15.5 Å². The van der Waals surface area contributed by atoms with Crippen molar-refractivity contribution in [2.45, 2.75) is 55.3 Å². The highest BCUT2D eigenvalue weighted by Crippen LogP contribution is 2.69. The smallest absolute Gasteiger partial charge is 0.326 e. The normalized spacial score (nSPS) is 41.8. The number of thioether (sulfide) groups is 1. The summed E-state index contributed by atoms with van der Waals surface area (Å²) in [6, 6.07) is -1.13. The molecule has 3 heterocycles. The molecule has 7 nitrogen and oxygen atoms in total. The van der Waals surface area contributed by atoms with Crippen molar-refractivity contribution < 1.29 is 19.5 Å². The first-order chi connectivity index (χ1) is 13.2. The first kappa shape index (κ1) is 18.4. The Morgan fingerprint density at radius 1 is 1.29 bits per heavy atom. The van der Waals surface area contributed by atoms with Gasteiger partial charge >= 0.3 is 10.8 Å². The summed E-state index contributed by atoms with van der Waals surface area (Å²) in [5.74, 6) is -2.29. The van der Waals surface area contributed by atoms with Gasteiger partial charge < -0.3 is 10.1 Å². The van der Waals surface area contributed by atoms with Crippen molar-refractivity contribution in [3.8, 4) is 0 Å². The maximum absolute atomic E-state index is 13.1. The second-order valence-corrected chi connectivity index (χ2v) is 10.9. The van der Waals surface area contributed by atoms with Gasteiger partial charge in [0.15, 0.2) is 0 Å². The number of amides is 2. The molecule has 150 valence electrons. The summed E-state index contributed by atoms with van der Waals surface area (Å²) < 4.78 is 0. The third kappa shape index (κ3) is 2.01. The van der Waals surface area contributed by atoms with Gasteiger partial charge in [-0.05, 0) is 37.5 Å². The van der Waals surface area contributed by atoms with Crippen LogP contribution in [0, 0.1) is 29.6 Å². The monoisotopic (exact) mass is 422 g/mol. The number of nitrogens with zero attached hydrogens (tertiary/aromatic N) is 1. The molecule has 28 heavy (non-hydrogen) atoms. The molecule has 2 saturated carbocycles. The van der Waals surface area contributed by atoms with Crippen molar-refractivity contribution in [3.05, 3.63) is 14.5 Å². The predicted octanol–water partition coefficient (Wildman–Crippen LogP) is 1.92. The molecule has 2 bridgehead atoms. The van der Waals surface area contributed by atoms with Crippen molar-refractivity contribution in [3.63, 3.8) is 0 Å². The number of hydrogen-bond acceptors (Lipinski definition) is 6. The molecular weight excluding hydrogens is 400 g/mol. The number of imide groups is 1. The first-order valence-electron chi connectivity index (χ1n) is 9.70. The maximum atomic E-state index is 13.1. The minimum absolute atomic E-state index is 0.0508. The van der Waals surface area contributed by atoms with Gasteiger partial charge in [-0.15, -0.1) is 11.8 Å². The van der Waals surface area contributed by atoms with Crippen LogP contribution in [-0.4, -0.2) is 44.1 Å². The molecule has 0 spiro atoms. The lowest BCUT2D eigenvalue weighted by atomic mass is 9.62. The van der Waals surface area contributed by atoms with Crippen LogP contribution in [0.2, 0.25) is 0 Å². The average Bonchev–Trinajstić information content (AvgIpc) is 3.36. The topological polar surface area (TPSA) is 108 Å². The number of rotatable bonds is 3. The van der Waals surface area contributed by atoms with Gasteiger partial charge in [-0.25, -0.2) is 4.79 Å². The van der Waals surface area contributed by atoms with Gasteiger partial charge in [0.25, 0.3) is 0 Å². The van der Waals surface area contributed by atoms with E-state index < -0.39 is 23.8 Å². The standard InChI is InChI=1S/C19H22N2O5S2/c1-4-19(3)11-7-5-8(12(11)27-14-13(19)28-18(26)20-14)10-9(7)15(22)21(16(10)23)6(2)17(24)25/h6-12H,4-5H2,1-3H3,(H,20,26)(H,24,25)/t6-,7-,8+,9-,10-,11-,12-,19+/m0/s1. The summed E-state index contributed by atoms with van der Waals surface area (Å²) >= 11 is 2.92. The highest BCUT2D eigenvalue weighted by atomic mass is 32.2. The molecule has 0 unspecified atom stereocenters. The SMILES string of the molecule is CC[C@@]1(C)c2sc(=O)[nH]c2S[C@H]2[C@@H]3C[C@@H]([C@@H]4C(=O)N([C@@H](C)C(=O)O)C(=O)[C@@H]34)[C@@H]21. The van der Waals surface area contributed by atoms with E-state index in [1.54, 1.807) is 11.8 Å². The Morgan fingerprint density at radius 2 is 1.93 bits per heavy atom. The molecule has 4 aliphatic rings.